The van der Waals surface area contributed by atoms with Gasteiger partial charge in [-0.2, -0.15) is 0 Å². The lowest BCUT2D eigenvalue weighted by Crippen LogP contribution is -2.11. The van der Waals surface area contributed by atoms with Crippen LogP contribution in [0.3, 0.4) is 0 Å². The summed E-state index contributed by atoms with van der Waals surface area (Å²) in [6.45, 7) is 2.33. The quantitative estimate of drug-likeness (QED) is 0.142. The van der Waals surface area contributed by atoms with Crippen LogP contribution >= 0.6 is 0 Å². The van der Waals surface area contributed by atoms with Gasteiger partial charge in [-0.05, 0) is 64.2 Å². The van der Waals surface area contributed by atoms with Crippen molar-refractivity contribution in [3.05, 3.63) is 175 Å². The van der Waals surface area contributed by atoms with E-state index in [9.17, 15) is 0 Å². The second kappa shape index (κ2) is 11.4. The summed E-state index contributed by atoms with van der Waals surface area (Å²) >= 11 is 0. The number of benzene rings is 6. The minimum atomic E-state index is 0.214. The van der Waals surface area contributed by atoms with Gasteiger partial charge in [-0.1, -0.05) is 128 Å². The van der Waals surface area contributed by atoms with Gasteiger partial charge in [-0.25, -0.2) is 9.97 Å². The predicted molar refractivity (Wildman–Crippen MR) is 208 cm³/mol. The van der Waals surface area contributed by atoms with Crippen molar-refractivity contribution >= 4 is 60.1 Å². The molecular formula is C46H32N4. The van der Waals surface area contributed by atoms with Crippen molar-refractivity contribution < 1.29 is 0 Å². The molecule has 1 aliphatic rings. The topological polar surface area (TPSA) is 43.6 Å². The Bertz CT molecular complexity index is 2840. The van der Waals surface area contributed by atoms with Gasteiger partial charge in [0.1, 0.15) is 5.82 Å². The first-order chi connectivity index (χ1) is 24.7. The number of hydrogen-bond donors (Lipinski definition) is 0. The Kier molecular flexibility index (Phi) is 6.50. The highest BCUT2D eigenvalue weighted by molar-refractivity contribution is 6.19. The van der Waals surface area contributed by atoms with Crippen LogP contribution in [0.4, 0.5) is 0 Å². The van der Waals surface area contributed by atoms with Crippen molar-refractivity contribution in [2.75, 3.05) is 0 Å². The highest BCUT2D eigenvalue weighted by Gasteiger charge is 2.25. The van der Waals surface area contributed by atoms with Gasteiger partial charge in [-0.3, -0.25) is 9.55 Å². The molecule has 6 aromatic carbocycles. The number of fused-ring (bicyclic) bond motifs is 6. The summed E-state index contributed by atoms with van der Waals surface area (Å²) in [5.74, 6) is 1.44. The lowest BCUT2D eigenvalue weighted by molar-refractivity contribution is 0.641. The first-order valence-electron chi connectivity index (χ1n) is 17.2. The van der Waals surface area contributed by atoms with E-state index in [0.717, 1.165) is 60.8 Å². The molecule has 3 aromatic heterocycles. The van der Waals surface area contributed by atoms with Crippen LogP contribution in [0.15, 0.2) is 164 Å². The Morgan fingerprint density at radius 1 is 0.580 bits per heavy atom. The first-order valence-corrected chi connectivity index (χ1v) is 17.2. The molecule has 0 N–H and O–H groups in total. The molecule has 10 rings (SSSR count). The molecule has 1 aliphatic carbocycles. The van der Waals surface area contributed by atoms with Crippen LogP contribution in [0.5, 0.6) is 0 Å². The predicted octanol–water partition coefficient (Wildman–Crippen LogP) is 11.5. The van der Waals surface area contributed by atoms with E-state index in [-0.39, 0.29) is 11.8 Å². The maximum absolute atomic E-state index is 5.16. The molecule has 236 valence electrons. The molecule has 2 atom stereocenters. The van der Waals surface area contributed by atoms with E-state index in [1.165, 1.54) is 27.5 Å². The summed E-state index contributed by atoms with van der Waals surface area (Å²) in [6, 6.07) is 49.5. The highest BCUT2D eigenvalue weighted by Crippen LogP contribution is 2.44. The maximum Gasteiger partial charge on any atom is 0.145 e. The summed E-state index contributed by atoms with van der Waals surface area (Å²) in [7, 11) is 0. The molecule has 3 heterocycles. The molecule has 0 aliphatic heterocycles. The SMILES string of the molecule is CC1C=C(c2nc3ccccc3n2-c2ccccc2)C=CC1c1ccc(-c2c3ccccc3nc3c2ccc2cccnc23)c2ccccc12. The molecule has 50 heavy (non-hydrogen) atoms. The monoisotopic (exact) mass is 640 g/mol. The van der Waals surface area contributed by atoms with Crippen LogP contribution in [0, 0.1) is 5.92 Å². The third kappa shape index (κ3) is 4.42. The van der Waals surface area contributed by atoms with Crippen LogP contribution in [-0.2, 0) is 0 Å². The second-order valence-corrected chi connectivity index (χ2v) is 13.2. The molecule has 0 saturated carbocycles. The zero-order valence-electron chi connectivity index (χ0n) is 27.5. The number of aromatic nitrogens is 4. The lowest BCUT2D eigenvalue weighted by Gasteiger charge is -2.26. The molecule has 0 bridgehead atoms. The molecule has 0 amide bonds. The largest absolute Gasteiger partial charge is 0.292 e. The van der Waals surface area contributed by atoms with E-state index in [1.807, 2.05) is 12.3 Å². The fourth-order valence-electron chi connectivity index (χ4n) is 8.03. The Hall–Kier alpha value is -6.39. The fourth-order valence-corrected chi connectivity index (χ4v) is 8.03. The maximum atomic E-state index is 5.16. The van der Waals surface area contributed by atoms with Crippen LogP contribution in [0.1, 0.15) is 24.2 Å². The number of para-hydroxylation sites is 4. The Morgan fingerprint density at radius 3 is 2.20 bits per heavy atom. The van der Waals surface area contributed by atoms with E-state index in [2.05, 4.69) is 163 Å². The van der Waals surface area contributed by atoms with Crippen LogP contribution in [0.25, 0.3) is 76.9 Å². The molecule has 4 heteroatoms. The first kappa shape index (κ1) is 28.6. The van der Waals surface area contributed by atoms with Crippen LogP contribution in [0.2, 0.25) is 0 Å². The van der Waals surface area contributed by atoms with E-state index in [0.29, 0.717) is 0 Å². The van der Waals surface area contributed by atoms with Crippen molar-refractivity contribution in [2.45, 2.75) is 12.8 Å². The number of hydrogen-bond acceptors (Lipinski definition) is 3. The van der Waals surface area contributed by atoms with Crippen molar-refractivity contribution in [1.29, 1.82) is 0 Å². The van der Waals surface area contributed by atoms with E-state index >= 15 is 0 Å². The average Bonchev–Trinajstić information content (AvgIpc) is 3.57. The van der Waals surface area contributed by atoms with Crippen LogP contribution in [-0.4, -0.2) is 19.5 Å². The Labute approximate surface area is 289 Å². The summed E-state index contributed by atoms with van der Waals surface area (Å²) < 4.78 is 2.28. The van der Waals surface area contributed by atoms with E-state index in [1.54, 1.807) is 0 Å². The Balaban J connectivity index is 1.12. The van der Waals surface area contributed by atoms with Crippen molar-refractivity contribution in [3.8, 4) is 16.8 Å². The minimum Gasteiger partial charge on any atom is -0.292 e. The van der Waals surface area contributed by atoms with Gasteiger partial charge in [0, 0.05) is 45.1 Å². The Morgan fingerprint density at radius 2 is 1.34 bits per heavy atom. The molecule has 0 saturated heterocycles. The highest BCUT2D eigenvalue weighted by atomic mass is 15.1. The molecule has 9 aromatic rings. The molecule has 2 unspecified atom stereocenters. The number of allylic oxidation sites excluding steroid dienone is 4. The smallest absolute Gasteiger partial charge is 0.145 e. The summed E-state index contributed by atoms with van der Waals surface area (Å²) in [6.07, 6.45) is 8.91. The lowest BCUT2D eigenvalue weighted by atomic mass is 9.79. The van der Waals surface area contributed by atoms with E-state index in [4.69, 9.17) is 15.0 Å². The number of nitrogens with zero attached hydrogens (tertiary/aromatic N) is 4. The zero-order valence-corrected chi connectivity index (χ0v) is 27.5. The number of rotatable bonds is 4. The van der Waals surface area contributed by atoms with Crippen molar-refractivity contribution in [3.63, 3.8) is 0 Å². The van der Waals surface area contributed by atoms with Gasteiger partial charge in [0.2, 0.25) is 0 Å². The molecule has 0 spiro atoms. The molecular weight excluding hydrogens is 609 g/mol. The van der Waals surface area contributed by atoms with Crippen molar-refractivity contribution in [2.24, 2.45) is 5.92 Å². The summed E-state index contributed by atoms with van der Waals surface area (Å²) in [5, 5.41) is 5.87. The third-order valence-corrected chi connectivity index (χ3v) is 10.3. The molecule has 0 fully saturated rings. The van der Waals surface area contributed by atoms with Gasteiger partial charge in [0.25, 0.3) is 0 Å². The summed E-state index contributed by atoms with van der Waals surface area (Å²) in [5.41, 5.74) is 11.0. The van der Waals surface area contributed by atoms with Gasteiger partial charge >= 0.3 is 0 Å². The molecule has 4 nitrogen and oxygen atoms in total. The molecule has 0 radical (unpaired) electrons. The van der Waals surface area contributed by atoms with Gasteiger partial charge < -0.3 is 0 Å². The normalized spacial score (nSPS) is 16.1. The fraction of sp³-hybridized carbons (Fsp3) is 0.0652. The zero-order chi connectivity index (χ0) is 33.2. The standard InChI is InChI=1S/C46H32N4/c1-29-28-31(46-49-41-19-9-10-20-42(41)50(46)32-13-3-2-4-14-32)22-23-33(29)36-25-26-37(35-16-6-5-15-34(35)36)43-38-17-7-8-18-40(38)48-45-39(43)24-21-30-12-11-27-47-44(30)45/h2-29,33H,1H3. The van der Waals surface area contributed by atoms with Gasteiger partial charge in [0.15, 0.2) is 0 Å². The number of pyridine rings is 2. The number of imidazole rings is 1. The summed E-state index contributed by atoms with van der Waals surface area (Å²) in [4.78, 5) is 15.1. The van der Waals surface area contributed by atoms with Gasteiger partial charge in [-0.15, -0.1) is 0 Å². The van der Waals surface area contributed by atoms with Gasteiger partial charge in [0.05, 0.1) is 27.6 Å². The minimum absolute atomic E-state index is 0.214. The second-order valence-electron chi connectivity index (χ2n) is 13.2. The third-order valence-electron chi connectivity index (χ3n) is 10.3. The van der Waals surface area contributed by atoms with Crippen LogP contribution < -0.4 is 0 Å². The average molecular weight is 641 g/mol. The van der Waals surface area contributed by atoms with Crippen molar-refractivity contribution in [1.82, 2.24) is 19.5 Å². The van der Waals surface area contributed by atoms with E-state index < -0.39 is 0 Å².